The number of aryl methyl sites for hydroxylation is 1. The summed E-state index contributed by atoms with van der Waals surface area (Å²) in [5.41, 5.74) is 3.88. The van der Waals surface area contributed by atoms with E-state index in [4.69, 9.17) is 9.47 Å². The van der Waals surface area contributed by atoms with Crippen LogP contribution in [0, 0.1) is 6.92 Å². The van der Waals surface area contributed by atoms with Gasteiger partial charge in [0.05, 0.1) is 11.1 Å². The largest absolute Gasteiger partial charge is 0.462 e. The first kappa shape index (κ1) is 21.7. The number of aromatic nitrogens is 6. The number of hydrogen-bond donors (Lipinski definition) is 2. The van der Waals surface area contributed by atoms with Crippen LogP contribution in [0.25, 0.3) is 16.6 Å². The fourth-order valence-electron chi connectivity index (χ4n) is 3.86. The molecule has 1 aliphatic rings. The van der Waals surface area contributed by atoms with Crippen molar-refractivity contribution < 1.29 is 9.47 Å². The third-order valence-corrected chi connectivity index (χ3v) is 5.64. The van der Waals surface area contributed by atoms with Crippen LogP contribution in [0.15, 0.2) is 66.2 Å². The Kier molecular flexibility index (Phi) is 5.10. The normalized spacial score (nSPS) is 14.5. The molecule has 36 heavy (non-hydrogen) atoms. The van der Waals surface area contributed by atoms with Crippen molar-refractivity contribution in [3.8, 4) is 11.6 Å². The second-order valence-electron chi connectivity index (χ2n) is 9.11. The summed E-state index contributed by atoms with van der Waals surface area (Å²) in [4.78, 5) is 13.4. The number of rotatable bonds is 5. The van der Waals surface area contributed by atoms with Crippen LogP contribution in [0.2, 0.25) is 0 Å². The number of fused-ring (bicyclic) bond motifs is 2. The Balaban J connectivity index is 1.23. The summed E-state index contributed by atoms with van der Waals surface area (Å²) in [6.45, 7) is 6.58. The first-order valence-corrected chi connectivity index (χ1v) is 11.4. The molecule has 11 nitrogen and oxygen atoms in total. The molecule has 5 aromatic rings. The number of benzene rings is 2. The standard InChI is InChI=1S/C25H23N9O2/c1-15-10-16(5-7-20(15)36-22-9-8-21-32-28-14-34(21)33-22)29-23-18-11-17(4-6-19(18)26-13-27-23)30-24-31-25(2,3)12-35-24/h4-11,13-14H,12H2,1-3H3,(H,30,31)(H,26,27,29). The van der Waals surface area contributed by atoms with Gasteiger partial charge in [-0.15, -0.1) is 15.3 Å². The zero-order valence-electron chi connectivity index (χ0n) is 19.9. The summed E-state index contributed by atoms with van der Waals surface area (Å²) < 4.78 is 13.2. The molecule has 11 heteroatoms. The Morgan fingerprint density at radius 2 is 1.86 bits per heavy atom. The van der Waals surface area contributed by atoms with Gasteiger partial charge in [-0.1, -0.05) is 0 Å². The van der Waals surface area contributed by atoms with Gasteiger partial charge in [0.25, 0.3) is 6.02 Å². The molecule has 0 amide bonds. The maximum atomic E-state index is 5.98. The molecule has 1 aliphatic heterocycles. The lowest BCUT2D eigenvalue weighted by Gasteiger charge is -2.13. The molecule has 0 saturated heterocycles. The van der Waals surface area contributed by atoms with E-state index in [-0.39, 0.29) is 5.54 Å². The summed E-state index contributed by atoms with van der Waals surface area (Å²) in [6.07, 6.45) is 3.08. The van der Waals surface area contributed by atoms with Crippen LogP contribution in [0.4, 0.5) is 17.2 Å². The fraction of sp³-hybridized carbons (Fsp3) is 0.200. The van der Waals surface area contributed by atoms with Gasteiger partial charge in [0.2, 0.25) is 5.88 Å². The first-order chi connectivity index (χ1) is 17.4. The van der Waals surface area contributed by atoms with Crippen molar-refractivity contribution in [2.45, 2.75) is 26.3 Å². The highest BCUT2D eigenvalue weighted by atomic mass is 16.5. The lowest BCUT2D eigenvalue weighted by Crippen LogP contribution is -2.17. The van der Waals surface area contributed by atoms with Crippen LogP contribution >= 0.6 is 0 Å². The van der Waals surface area contributed by atoms with Gasteiger partial charge in [-0.3, -0.25) is 0 Å². The monoisotopic (exact) mass is 481 g/mol. The number of amidine groups is 1. The van der Waals surface area contributed by atoms with Gasteiger partial charge < -0.3 is 20.1 Å². The minimum atomic E-state index is -0.234. The summed E-state index contributed by atoms with van der Waals surface area (Å²) in [5.74, 6) is 1.83. The van der Waals surface area contributed by atoms with Gasteiger partial charge in [-0.25, -0.2) is 15.0 Å². The molecule has 2 N–H and O–H groups in total. The highest BCUT2D eigenvalue weighted by molar-refractivity contribution is 5.97. The molecular weight excluding hydrogens is 458 g/mol. The van der Waals surface area contributed by atoms with E-state index in [0.29, 0.717) is 35.7 Å². The Morgan fingerprint density at radius 1 is 1.00 bits per heavy atom. The molecule has 0 aliphatic carbocycles. The molecule has 0 fully saturated rings. The third kappa shape index (κ3) is 4.33. The molecule has 4 heterocycles. The van der Waals surface area contributed by atoms with Gasteiger partial charge in [0.1, 0.15) is 30.8 Å². The Labute approximate surface area is 206 Å². The molecule has 0 unspecified atom stereocenters. The van der Waals surface area contributed by atoms with Gasteiger partial charge >= 0.3 is 0 Å². The maximum Gasteiger partial charge on any atom is 0.289 e. The molecule has 6 rings (SSSR count). The molecule has 0 spiro atoms. The van der Waals surface area contributed by atoms with E-state index >= 15 is 0 Å². The van der Waals surface area contributed by atoms with Crippen molar-refractivity contribution in [1.82, 2.24) is 29.8 Å². The van der Waals surface area contributed by atoms with Gasteiger partial charge in [-0.2, -0.15) is 4.52 Å². The number of nitrogens with one attached hydrogen (secondary N) is 2. The maximum absolute atomic E-state index is 5.98. The van der Waals surface area contributed by atoms with Crippen LogP contribution in [0.3, 0.4) is 0 Å². The zero-order chi connectivity index (χ0) is 24.7. The van der Waals surface area contributed by atoms with Crippen molar-refractivity contribution in [3.63, 3.8) is 0 Å². The van der Waals surface area contributed by atoms with Gasteiger partial charge in [0, 0.05) is 22.8 Å². The molecule has 0 atom stereocenters. The predicted molar refractivity (Wildman–Crippen MR) is 136 cm³/mol. The summed E-state index contributed by atoms with van der Waals surface area (Å²) >= 11 is 0. The van der Waals surface area contributed by atoms with E-state index in [1.807, 2.05) is 57.2 Å². The first-order valence-electron chi connectivity index (χ1n) is 11.4. The second kappa shape index (κ2) is 8.45. The number of hydrogen-bond acceptors (Lipinski definition) is 10. The minimum absolute atomic E-state index is 0.234. The van der Waals surface area contributed by atoms with Crippen molar-refractivity contribution in [1.29, 1.82) is 0 Å². The van der Waals surface area contributed by atoms with E-state index in [1.165, 1.54) is 6.33 Å². The molecule has 3 aromatic heterocycles. The van der Waals surface area contributed by atoms with Crippen molar-refractivity contribution >= 4 is 39.8 Å². The van der Waals surface area contributed by atoms with Gasteiger partial charge in [0.15, 0.2) is 5.65 Å². The lowest BCUT2D eigenvalue weighted by atomic mass is 10.1. The smallest absolute Gasteiger partial charge is 0.289 e. The average molecular weight is 482 g/mol. The van der Waals surface area contributed by atoms with Crippen molar-refractivity contribution in [2.75, 3.05) is 17.2 Å². The van der Waals surface area contributed by atoms with Crippen LogP contribution in [0.5, 0.6) is 11.6 Å². The van der Waals surface area contributed by atoms with Crippen molar-refractivity contribution in [3.05, 3.63) is 66.7 Å². The Hall–Kier alpha value is -4.80. The lowest BCUT2D eigenvalue weighted by molar-refractivity contribution is 0.278. The number of anilines is 3. The zero-order valence-corrected chi connectivity index (χ0v) is 19.9. The summed E-state index contributed by atoms with van der Waals surface area (Å²) in [6, 6.07) is 15.7. The highest BCUT2D eigenvalue weighted by Gasteiger charge is 2.26. The van der Waals surface area contributed by atoms with E-state index in [2.05, 4.69) is 40.9 Å². The van der Waals surface area contributed by atoms with Crippen LogP contribution in [-0.2, 0) is 4.74 Å². The summed E-state index contributed by atoms with van der Waals surface area (Å²) in [5, 5.41) is 19.7. The number of aliphatic imine (C=N–C) groups is 1. The topological polar surface area (TPSA) is 124 Å². The Bertz CT molecular complexity index is 1630. The van der Waals surface area contributed by atoms with E-state index in [1.54, 1.807) is 23.0 Å². The quantitative estimate of drug-likeness (QED) is 0.374. The van der Waals surface area contributed by atoms with Gasteiger partial charge in [-0.05, 0) is 68.8 Å². The summed E-state index contributed by atoms with van der Waals surface area (Å²) in [7, 11) is 0. The minimum Gasteiger partial charge on any atom is -0.462 e. The van der Waals surface area contributed by atoms with Crippen molar-refractivity contribution in [2.24, 2.45) is 4.99 Å². The van der Waals surface area contributed by atoms with E-state index in [9.17, 15) is 0 Å². The molecule has 0 bridgehead atoms. The van der Waals surface area contributed by atoms with Crippen LogP contribution in [-0.4, -0.2) is 47.9 Å². The number of nitrogens with zero attached hydrogens (tertiary/aromatic N) is 7. The predicted octanol–water partition coefficient (Wildman–Crippen LogP) is 4.49. The molecule has 0 saturated carbocycles. The molecule has 0 radical (unpaired) electrons. The molecule has 180 valence electrons. The highest BCUT2D eigenvalue weighted by Crippen LogP contribution is 2.30. The van der Waals surface area contributed by atoms with Crippen LogP contribution < -0.4 is 15.4 Å². The van der Waals surface area contributed by atoms with E-state index < -0.39 is 0 Å². The Morgan fingerprint density at radius 3 is 2.69 bits per heavy atom. The molecule has 2 aromatic carbocycles. The average Bonchev–Trinajstić information content (AvgIpc) is 3.46. The van der Waals surface area contributed by atoms with E-state index in [0.717, 1.165) is 27.8 Å². The molecular formula is C25H23N9O2. The third-order valence-electron chi connectivity index (χ3n) is 5.64. The second-order valence-corrected chi connectivity index (χ2v) is 9.11. The van der Waals surface area contributed by atoms with Crippen LogP contribution in [0.1, 0.15) is 19.4 Å². The SMILES string of the molecule is Cc1cc(Nc2ncnc3ccc(NC4=NC(C)(C)CO4)cc23)ccc1Oc1ccc2nncn2n1. The fourth-order valence-corrected chi connectivity index (χ4v) is 3.86. The number of ether oxygens (including phenoxy) is 2.